The molecule has 0 aromatic heterocycles. The minimum atomic E-state index is -0.156. The summed E-state index contributed by atoms with van der Waals surface area (Å²) in [5, 5.41) is 29.5. The molecule has 5 nitrogen and oxygen atoms in total. The van der Waals surface area contributed by atoms with Gasteiger partial charge in [0.25, 0.3) is 0 Å². The topological polar surface area (TPSA) is 87.0 Å². The normalized spacial score (nSPS) is 18.4. The van der Waals surface area contributed by atoms with Gasteiger partial charge >= 0.3 is 0 Å². The van der Waals surface area contributed by atoms with Crippen molar-refractivity contribution < 1.29 is 24.9 Å². The van der Waals surface area contributed by atoms with E-state index in [4.69, 9.17) is 4.74 Å². The standard InChI is InChI=1S/C21H22O5/c1-11(2)15-9-17-13(6-7-18(23)21(17)25)16(15)10-19(24)14-5-4-12(22)8-20(14)26-3/h4-8,15-16,22-23,25H,1,9-10H2,2-3H3. The molecule has 0 heterocycles. The zero-order valence-corrected chi connectivity index (χ0v) is 14.8. The number of carbonyl (C=O) groups excluding carboxylic acids is 1. The maximum Gasteiger partial charge on any atom is 0.167 e. The van der Waals surface area contributed by atoms with Gasteiger partial charge in [0.2, 0.25) is 0 Å². The molecule has 0 bridgehead atoms. The molecule has 2 aromatic carbocycles. The van der Waals surface area contributed by atoms with Crippen LogP contribution in [0.2, 0.25) is 0 Å². The van der Waals surface area contributed by atoms with Crippen LogP contribution >= 0.6 is 0 Å². The Labute approximate surface area is 152 Å². The van der Waals surface area contributed by atoms with Crippen molar-refractivity contribution >= 4 is 5.78 Å². The molecule has 1 aliphatic carbocycles. The van der Waals surface area contributed by atoms with E-state index >= 15 is 0 Å². The summed E-state index contributed by atoms with van der Waals surface area (Å²) in [6.07, 6.45) is 0.755. The van der Waals surface area contributed by atoms with Gasteiger partial charge in [0.05, 0.1) is 12.7 Å². The van der Waals surface area contributed by atoms with Crippen molar-refractivity contribution in [3.05, 3.63) is 59.2 Å². The molecule has 0 radical (unpaired) electrons. The van der Waals surface area contributed by atoms with Gasteiger partial charge in [0, 0.05) is 18.1 Å². The average Bonchev–Trinajstić information content (AvgIpc) is 2.97. The van der Waals surface area contributed by atoms with E-state index in [1.807, 2.05) is 6.92 Å². The summed E-state index contributed by atoms with van der Waals surface area (Å²) in [6, 6.07) is 7.64. The molecule has 0 aliphatic heterocycles. The number of hydrogen-bond donors (Lipinski definition) is 3. The summed E-state index contributed by atoms with van der Waals surface area (Å²) in [7, 11) is 1.45. The van der Waals surface area contributed by atoms with Gasteiger partial charge in [-0.25, -0.2) is 0 Å². The molecule has 0 amide bonds. The highest BCUT2D eigenvalue weighted by molar-refractivity contribution is 5.99. The van der Waals surface area contributed by atoms with Crippen molar-refractivity contribution in [2.45, 2.75) is 25.7 Å². The van der Waals surface area contributed by atoms with E-state index in [-0.39, 0.29) is 41.3 Å². The van der Waals surface area contributed by atoms with Crippen molar-refractivity contribution in [2.24, 2.45) is 5.92 Å². The molecular weight excluding hydrogens is 332 g/mol. The minimum Gasteiger partial charge on any atom is -0.508 e. The Balaban J connectivity index is 1.97. The van der Waals surface area contributed by atoms with Crippen molar-refractivity contribution in [1.29, 1.82) is 0 Å². The third-order valence-electron chi connectivity index (χ3n) is 5.13. The lowest BCUT2D eigenvalue weighted by molar-refractivity contribution is 0.0965. The predicted octanol–water partition coefficient (Wildman–Crippen LogP) is 3.92. The molecule has 5 heteroatoms. The number of ketones is 1. The van der Waals surface area contributed by atoms with E-state index in [0.717, 1.165) is 11.1 Å². The zero-order valence-electron chi connectivity index (χ0n) is 14.8. The molecular formula is C21H22O5. The Morgan fingerprint density at radius 1 is 1.23 bits per heavy atom. The van der Waals surface area contributed by atoms with Crippen LogP contribution in [0.5, 0.6) is 23.0 Å². The van der Waals surface area contributed by atoms with Gasteiger partial charge < -0.3 is 20.1 Å². The average molecular weight is 354 g/mol. The fraction of sp³-hybridized carbons (Fsp3) is 0.286. The zero-order chi connectivity index (χ0) is 19.0. The van der Waals surface area contributed by atoms with Crippen molar-refractivity contribution in [3.63, 3.8) is 0 Å². The molecule has 0 saturated carbocycles. The van der Waals surface area contributed by atoms with Gasteiger partial charge in [-0.1, -0.05) is 18.2 Å². The van der Waals surface area contributed by atoms with Gasteiger partial charge in [0.1, 0.15) is 11.5 Å². The van der Waals surface area contributed by atoms with Crippen LogP contribution in [-0.4, -0.2) is 28.2 Å². The lowest BCUT2D eigenvalue weighted by Gasteiger charge is -2.20. The van der Waals surface area contributed by atoms with E-state index in [0.29, 0.717) is 23.3 Å². The second-order valence-corrected chi connectivity index (χ2v) is 6.78. The van der Waals surface area contributed by atoms with Crippen LogP contribution in [0.3, 0.4) is 0 Å². The van der Waals surface area contributed by atoms with E-state index in [9.17, 15) is 20.1 Å². The number of phenols is 3. The first-order valence-electron chi connectivity index (χ1n) is 8.42. The molecule has 136 valence electrons. The van der Waals surface area contributed by atoms with Gasteiger partial charge in [-0.3, -0.25) is 4.79 Å². The number of allylic oxidation sites excluding steroid dienone is 1. The van der Waals surface area contributed by atoms with E-state index in [1.54, 1.807) is 12.1 Å². The first kappa shape index (κ1) is 17.9. The van der Waals surface area contributed by atoms with Crippen LogP contribution in [-0.2, 0) is 6.42 Å². The molecule has 1 aliphatic rings. The Kier molecular flexibility index (Phi) is 4.64. The number of Topliss-reactive ketones (excluding diaryl/α,β-unsaturated/α-hetero) is 1. The van der Waals surface area contributed by atoms with Gasteiger partial charge in [-0.05, 0) is 48.9 Å². The third kappa shape index (κ3) is 3.01. The third-order valence-corrected chi connectivity index (χ3v) is 5.13. The summed E-state index contributed by atoms with van der Waals surface area (Å²) < 4.78 is 5.22. The highest BCUT2D eigenvalue weighted by Gasteiger charge is 2.37. The first-order chi connectivity index (χ1) is 12.3. The predicted molar refractivity (Wildman–Crippen MR) is 98.1 cm³/mol. The lowest BCUT2D eigenvalue weighted by atomic mass is 9.83. The van der Waals surface area contributed by atoms with Gasteiger partial charge in [-0.2, -0.15) is 0 Å². The highest BCUT2D eigenvalue weighted by atomic mass is 16.5. The van der Waals surface area contributed by atoms with Crippen LogP contribution in [0.1, 0.15) is 40.7 Å². The molecule has 3 N–H and O–H groups in total. The minimum absolute atomic E-state index is 0.00441. The van der Waals surface area contributed by atoms with Crippen molar-refractivity contribution in [3.8, 4) is 23.0 Å². The fourth-order valence-corrected chi connectivity index (χ4v) is 3.77. The Morgan fingerprint density at radius 3 is 2.62 bits per heavy atom. The molecule has 2 aromatic rings. The monoisotopic (exact) mass is 354 g/mol. The second-order valence-electron chi connectivity index (χ2n) is 6.78. The van der Waals surface area contributed by atoms with Crippen molar-refractivity contribution in [1.82, 2.24) is 0 Å². The van der Waals surface area contributed by atoms with Gasteiger partial charge in [-0.15, -0.1) is 0 Å². The number of ether oxygens (including phenoxy) is 1. The molecule has 0 saturated heterocycles. The second kappa shape index (κ2) is 6.75. The summed E-state index contributed by atoms with van der Waals surface area (Å²) in [6.45, 7) is 5.94. The smallest absolute Gasteiger partial charge is 0.167 e. The summed E-state index contributed by atoms with van der Waals surface area (Å²) in [5.74, 6) is -0.163. The van der Waals surface area contributed by atoms with Crippen LogP contribution in [0, 0.1) is 5.92 Å². The first-order valence-corrected chi connectivity index (χ1v) is 8.42. The lowest BCUT2D eigenvalue weighted by Crippen LogP contribution is -2.14. The van der Waals surface area contributed by atoms with Crippen molar-refractivity contribution in [2.75, 3.05) is 7.11 Å². The number of carbonyl (C=O) groups is 1. The molecule has 26 heavy (non-hydrogen) atoms. The number of rotatable bonds is 5. The number of phenolic OH excluding ortho intramolecular Hbond substituents is 3. The van der Waals surface area contributed by atoms with Gasteiger partial charge in [0.15, 0.2) is 17.3 Å². The van der Waals surface area contributed by atoms with E-state index < -0.39 is 0 Å². The molecule has 0 spiro atoms. The highest BCUT2D eigenvalue weighted by Crippen LogP contribution is 2.49. The van der Waals surface area contributed by atoms with Crippen LogP contribution in [0.15, 0.2) is 42.5 Å². The molecule has 0 fully saturated rings. The van der Waals surface area contributed by atoms with E-state index in [2.05, 4.69) is 6.58 Å². The van der Waals surface area contributed by atoms with Crippen LogP contribution in [0.25, 0.3) is 0 Å². The number of hydrogen-bond acceptors (Lipinski definition) is 5. The SMILES string of the molecule is C=C(C)C1Cc2c(ccc(O)c2O)C1CC(=O)c1ccc(O)cc1OC. The number of benzene rings is 2. The number of fused-ring (bicyclic) bond motifs is 1. The largest absolute Gasteiger partial charge is 0.508 e. The summed E-state index contributed by atoms with van der Waals surface area (Å²) in [4.78, 5) is 12.9. The van der Waals surface area contributed by atoms with Crippen LogP contribution in [0.4, 0.5) is 0 Å². The summed E-state index contributed by atoms with van der Waals surface area (Å²) in [5.41, 5.74) is 2.87. The molecule has 2 unspecified atom stereocenters. The quantitative estimate of drug-likeness (QED) is 0.430. The summed E-state index contributed by atoms with van der Waals surface area (Å²) >= 11 is 0. The van der Waals surface area contributed by atoms with Crippen LogP contribution < -0.4 is 4.74 Å². The maximum atomic E-state index is 12.9. The molecule has 3 rings (SSSR count). The fourth-order valence-electron chi connectivity index (χ4n) is 3.77. The number of methoxy groups -OCH3 is 1. The molecule has 2 atom stereocenters. The Hall–Kier alpha value is -2.95. The Morgan fingerprint density at radius 2 is 1.96 bits per heavy atom. The number of aromatic hydroxyl groups is 3. The maximum absolute atomic E-state index is 12.9. The Bertz CT molecular complexity index is 884. The van der Waals surface area contributed by atoms with E-state index in [1.165, 1.54) is 25.3 Å².